The molecule has 0 aliphatic heterocycles. The molecule has 4 N–H and O–H groups in total. The Morgan fingerprint density at radius 2 is 2.10 bits per heavy atom. The normalized spacial score (nSPS) is 13.7. The second-order valence-corrected chi connectivity index (χ2v) is 4.92. The van der Waals surface area contributed by atoms with Crippen molar-refractivity contribution < 1.29 is 14.3 Å². The number of para-hydroxylation sites is 1. The molecule has 2 aromatic rings. The highest BCUT2D eigenvalue weighted by Gasteiger charge is 2.21. The van der Waals surface area contributed by atoms with Gasteiger partial charge in [0.15, 0.2) is 0 Å². The monoisotopic (exact) mass is 289 g/mol. The van der Waals surface area contributed by atoms with Gasteiger partial charge in [0.05, 0.1) is 13.2 Å². The van der Waals surface area contributed by atoms with E-state index in [4.69, 9.17) is 5.73 Å². The molecule has 6 nitrogen and oxygen atoms in total. The number of aromatic nitrogens is 1. The van der Waals surface area contributed by atoms with E-state index in [1.165, 1.54) is 7.11 Å². The molecule has 0 saturated heterocycles. The highest BCUT2D eigenvalue weighted by Crippen LogP contribution is 2.18. The Morgan fingerprint density at radius 3 is 2.81 bits per heavy atom. The van der Waals surface area contributed by atoms with E-state index >= 15 is 0 Å². The van der Waals surface area contributed by atoms with Crippen LogP contribution in [0.1, 0.15) is 12.5 Å². The standard InChI is InChI=1S/C15H19N3O3/c1-9(15(20)21-2)18-14(19)12(16)7-10-8-17-13-6-4-3-5-11(10)13/h3-6,8-9,12,17H,7,16H2,1-2H3,(H,18,19)/t9?,12-/m1/s1. The number of benzene rings is 1. The van der Waals surface area contributed by atoms with Gasteiger partial charge in [0.25, 0.3) is 0 Å². The quantitative estimate of drug-likeness (QED) is 0.706. The molecule has 1 aromatic heterocycles. The minimum atomic E-state index is -0.726. The molecule has 1 heterocycles. The number of amides is 1. The van der Waals surface area contributed by atoms with Crippen LogP contribution in [0.15, 0.2) is 30.5 Å². The second kappa shape index (κ2) is 6.41. The van der Waals surface area contributed by atoms with Crippen LogP contribution in [0.4, 0.5) is 0 Å². The predicted octanol–water partition coefficient (Wildman–Crippen LogP) is 0.715. The van der Waals surface area contributed by atoms with Crippen LogP contribution in [0.3, 0.4) is 0 Å². The van der Waals surface area contributed by atoms with E-state index in [0.717, 1.165) is 16.5 Å². The molecular weight excluding hydrogens is 270 g/mol. The number of hydrogen-bond donors (Lipinski definition) is 3. The Balaban J connectivity index is 2.02. The lowest BCUT2D eigenvalue weighted by Crippen LogP contribution is -2.48. The number of nitrogens with one attached hydrogen (secondary N) is 2. The summed E-state index contributed by atoms with van der Waals surface area (Å²) in [5, 5.41) is 3.59. The number of aromatic amines is 1. The van der Waals surface area contributed by atoms with Crippen molar-refractivity contribution >= 4 is 22.8 Å². The minimum absolute atomic E-state index is 0.377. The van der Waals surface area contributed by atoms with Gasteiger partial charge in [0, 0.05) is 17.1 Å². The topological polar surface area (TPSA) is 97.2 Å². The van der Waals surface area contributed by atoms with Crippen molar-refractivity contribution in [2.75, 3.05) is 7.11 Å². The summed E-state index contributed by atoms with van der Waals surface area (Å²) in [6.45, 7) is 1.56. The molecule has 0 fully saturated rings. The molecule has 21 heavy (non-hydrogen) atoms. The van der Waals surface area contributed by atoms with Crippen molar-refractivity contribution in [2.24, 2.45) is 5.73 Å². The van der Waals surface area contributed by atoms with Gasteiger partial charge >= 0.3 is 5.97 Å². The van der Waals surface area contributed by atoms with Gasteiger partial charge in [-0.1, -0.05) is 18.2 Å². The molecule has 2 atom stereocenters. The van der Waals surface area contributed by atoms with Gasteiger partial charge in [-0.15, -0.1) is 0 Å². The SMILES string of the molecule is COC(=O)C(C)NC(=O)[C@H](N)Cc1c[nH]c2ccccc12. The summed E-state index contributed by atoms with van der Waals surface area (Å²) >= 11 is 0. The maximum absolute atomic E-state index is 12.0. The molecule has 0 saturated carbocycles. The van der Waals surface area contributed by atoms with Gasteiger partial charge in [-0.05, 0) is 25.0 Å². The molecule has 112 valence electrons. The molecule has 1 amide bonds. The Labute approximate surface area is 122 Å². The van der Waals surface area contributed by atoms with E-state index in [1.54, 1.807) is 6.92 Å². The summed E-state index contributed by atoms with van der Waals surface area (Å²) in [5.41, 5.74) is 7.89. The molecule has 1 aromatic carbocycles. The number of nitrogens with two attached hydrogens (primary N) is 1. The number of ether oxygens (including phenoxy) is 1. The average Bonchev–Trinajstić information content (AvgIpc) is 2.89. The number of carbonyl (C=O) groups excluding carboxylic acids is 2. The van der Waals surface area contributed by atoms with Gasteiger partial charge in [-0.2, -0.15) is 0 Å². The zero-order chi connectivity index (χ0) is 15.4. The Morgan fingerprint density at radius 1 is 1.38 bits per heavy atom. The van der Waals surface area contributed by atoms with Crippen LogP contribution in [0.25, 0.3) is 10.9 Å². The molecule has 1 unspecified atom stereocenters. The smallest absolute Gasteiger partial charge is 0.328 e. The van der Waals surface area contributed by atoms with E-state index in [2.05, 4.69) is 15.0 Å². The van der Waals surface area contributed by atoms with E-state index < -0.39 is 18.1 Å². The van der Waals surface area contributed by atoms with Crippen LogP contribution >= 0.6 is 0 Å². The van der Waals surface area contributed by atoms with E-state index in [-0.39, 0.29) is 5.91 Å². The molecule has 0 bridgehead atoms. The van der Waals surface area contributed by atoms with Crippen molar-refractivity contribution in [1.82, 2.24) is 10.3 Å². The summed E-state index contributed by atoms with van der Waals surface area (Å²) in [6.07, 6.45) is 2.24. The lowest BCUT2D eigenvalue weighted by atomic mass is 10.0. The van der Waals surface area contributed by atoms with E-state index in [1.807, 2.05) is 30.5 Å². The second-order valence-electron chi connectivity index (χ2n) is 4.92. The Hall–Kier alpha value is -2.34. The number of esters is 1. The maximum Gasteiger partial charge on any atom is 0.328 e. The highest BCUT2D eigenvalue weighted by atomic mass is 16.5. The van der Waals surface area contributed by atoms with Crippen molar-refractivity contribution in [1.29, 1.82) is 0 Å². The van der Waals surface area contributed by atoms with Gasteiger partial charge in [-0.3, -0.25) is 4.79 Å². The van der Waals surface area contributed by atoms with Crippen molar-refractivity contribution in [3.8, 4) is 0 Å². The Bertz CT molecular complexity index is 650. The summed E-state index contributed by atoms with van der Waals surface area (Å²) in [4.78, 5) is 26.4. The van der Waals surface area contributed by atoms with Crippen LogP contribution in [-0.4, -0.2) is 36.1 Å². The van der Waals surface area contributed by atoms with Crippen molar-refractivity contribution in [2.45, 2.75) is 25.4 Å². The average molecular weight is 289 g/mol. The number of methoxy groups -OCH3 is 1. The highest BCUT2D eigenvalue weighted by molar-refractivity contribution is 5.88. The Kier molecular flexibility index (Phi) is 4.59. The third-order valence-electron chi connectivity index (χ3n) is 3.37. The van der Waals surface area contributed by atoms with Crippen LogP contribution in [0.2, 0.25) is 0 Å². The van der Waals surface area contributed by atoms with Gasteiger partial charge in [0.2, 0.25) is 5.91 Å². The van der Waals surface area contributed by atoms with Crippen LogP contribution < -0.4 is 11.1 Å². The third kappa shape index (κ3) is 3.41. The fourth-order valence-electron chi connectivity index (χ4n) is 2.19. The number of hydrogen-bond acceptors (Lipinski definition) is 4. The van der Waals surface area contributed by atoms with E-state index in [0.29, 0.717) is 6.42 Å². The number of H-pyrrole nitrogens is 1. The largest absolute Gasteiger partial charge is 0.467 e. The van der Waals surface area contributed by atoms with Crippen molar-refractivity contribution in [3.63, 3.8) is 0 Å². The summed E-state index contributed by atoms with van der Waals surface area (Å²) < 4.78 is 4.56. The van der Waals surface area contributed by atoms with Crippen LogP contribution in [0.5, 0.6) is 0 Å². The fourth-order valence-corrected chi connectivity index (χ4v) is 2.19. The lowest BCUT2D eigenvalue weighted by Gasteiger charge is -2.15. The molecule has 0 aliphatic rings. The van der Waals surface area contributed by atoms with Gasteiger partial charge < -0.3 is 20.8 Å². The third-order valence-corrected chi connectivity index (χ3v) is 3.37. The zero-order valence-corrected chi connectivity index (χ0v) is 12.1. The first-order chi connectivity index (χ1) is 10.0. The summed E-state index contributed by atoms with van der Waals surface area (Å²) in [7, 11) is 1.27. The first-order valence-corrected chi connectivity index (χ1v) is 6.71. The minimum Gasteiger partial charge on any atom is -0.467 e. The molecule has 6 heteroatoms. The van der Waals surface area contributed by atoms with Crippen molar-refractivity contribution in [3.05, 3.63) is 36.0 Å². The van der Waals surface area contributed by atoms with Crippen LogP contribution in [-0.2, 0) is 20.7 Å². The van der Waals surface area contributed by atoms with Gasteiger partial charge in [-0.25, -0.2) is 4.79 Å². The summed E-state index contributed by atoms with van der Waals surface area (Å²) in [6, 6.07) is 6.37. The number of carbonyl (C=O) groups is 2. The predicted molar refractivity (Wildman–Crippen MR) is 79.6 cm³/mol. The summed E-state index contributed by atoms with van der Waals surface area (Å²) in [5.74, 6) is -0.874. The zero-order valence-electron chi connectivity index (χ0n) is 12.1. The molecule has 0 spiro atoms. The molecule has 2 rings (SSSR count). The number of fused-ring (bicyclic) bond motifs is 1. The number of rotatable bonds is 5. The molecular formula is C15H19N3O3. The molecule has 0 radical (unpaired) electrons. The lowest BCUT2D eigenvalue weighted by molar-refractivity contribution is -0.144. The first kappa shape index (κ1) is 15.1. The first-order valence-electron chi connectivity index (χ1n) is 6.71. The maximum atomic E-state index is 12.0. The van der Waals surface area contributed by atoms with Gasteiger partial charge in [0.1, 0.15) is 6.04 Å². The fraction of sp³-hybridized carbons (Fsp3) is 0.333. The molecule has 0 aliphatic carbocycles. The van der Waals surface area contributed by atoms with E-state index in [9.17, 15) is 9.59 Å². The van der Waals surface area contributed by atoms with Crippen LogP contribution in [0, 0.1) is 0 Å².